The van der Waals surface area contributed by atoms with E-state index in [0.717, 1.165) is 11.3 Å². The molecule has 1 aromatic carbocycles. The zero-order valence-electron chi connectivity index (χ0n) is 17.2. The summed E-state index contributed by atoms with van der Waals surface area (Å²) in [5, 5.41) is 18.3. The van der Waals surface area contributed by atoms with Gasteiger partial charge in [0.2, 0.25) is 17.8 Å². The molecule has 0 atom stereocenters. The predicted octanol–water partition coefficient (Wildman–Crippen LogP) is 3.20. The molecule has 0 saturated carbocycles. The molecule has 0 fully saturated rings. The van der Waals surface area contributed by atoms with Crippen LogP contribution in [0.4, 0.5) is 17.6 Å². The van der Waals surface area contributed by atoms with Gasteiger partial charge in [-0.25, -0.2) is 4.40 Å². The highest BCUT2D eigenvalue weighted by molar-refractivity contribution is 7.99. The SMILES string of the molecule is Cc1ccccc1NC(=O)CSc1nnc2nc(NC(C)C)nc(NC(C)C)n12. The maximum absolute atomic E-state index is 12.4. The number of aryl methyl sites for hydroxylation is 1. The number of anilines is 3. The topological polar surface area (TPSA) is 109 Å². The predicted molar refractivity (Wildman–Crippen MR) is 117 cm³/mol. The molecule has 0 aliphatic heterocycles. The lowest BCUT2D eigenvalue weighted by Gasteiger charge is -2.14. The summed E-state index contributed by atoms with van der Waals surface area (Å²) in [6.07, 6.45) is 0. The second-order valence-electron chi connectivity index (χ2n) is 7.24. The van der Waals surface area contributed by atoms with Gasteiger partial charge >= 0.3 is 0 Å². The summed E-state index contributed by atoms with van der Waals surface area (Å²) < 4.78 is 1.73. The molecule has 0 aliphatic carbocycles. The van der Waals surface area contributed by atoms with E-state index in [1.807, 2.05) is 58.9 Å². The van der Waals surface area contributed by atoms with E-state index in [2.05, 4.69) is 36.1 Å². The smallest absolute Gasteiger partial charge is 0.261 e. The maximum Gasteiger partial charge on any atom is 0.261 e. The fourth-order valence-corrected chi connectivity index (χ4v) is 3.32. The second kappa shape index (κ2) is 9.08. The van der Waals surface area contributed by atoms with Crippen LogP contribution in [-0.2, 0) is 4.79 Å². The van der Waals surface area contributed by atoms with Crippen LogP contribution in [0.3, 0.4) is 0 Å². The van der Waals surface area contributed by atoms with E-state index in [1.165, 1.54) is 11.8 Å². The van der Waals surface area contributed by atoms with Crippen molar-refractivity contribution in [3.05, 3.63) is 29.8 Å². The van der Waals surface area contributed by atoms with E-state index < -0.39 is 0 Å². The molecule has 29 heavy (non-hydrogen) atoms. The number of hydrogen-bond donors (Lipinski definition) is 3. The molecule has 0 saturated heterocycles. The first-order valence-electron chi connectivity index (χ1n) is 9.48. The molecule has 3 aromatic rings. The minimum Gasteiger partial charge on any atom is -0.353 e. The van der Waals surface area contributed by atoms with Crippen LogP contribution in [0.1, 0.15) is 33.3 Å². The molecule has 2 heterocycles. The molecular weight excluding hydrogens is 388 g/mol. The summed E-state index contributed by atoms with van der Waals surface area (Å²) in [4.78, 5) is 21.4. The molecule has 0 aliphatic rings. The highest BCUT2D eigenvalue weighted by atomic mass is 32.2. The number of carbonyl (C=O) groups excluding carboxylic acids is 1. The molecule has 10 heteroatoms. The van der Waals surface area contributed by atoms with E-state index in [0.29, 0.717) is 22.8 Å². The van der Waals surface area contributed by atoms with E-state index in [4.69, 9.17) is 0 Å². The first-order valence-corrected chi connectivity index (χ1v) is 10.5. The van der Waals surface area contributed by atoms with Crippen LogP contribution < -0.4 is 16.0 Å². The summed E-state index contributed by atoms with van der Waals surface area (Å²) in [5.41, 5.74) is 1.82. The van der Waals surface area contributed by atoms with Crippen LogP contribution in [0.25, 0.3) is 5.78 Å². The third kappa shape index (κ3) is 5.35. The summed E-state index contributed by atoms with van der Waals surface area (Å²) in [6, 6.07) is 8.01. The van der Waals surface area contributed by atoms with Gasteiger partial charge in [0.25, 0.3) is 5.78 Å². The van der Waals surface area contributed by atoms with Gasteiger partial charge in [-0.1, -0.05) is 30.0 Å². The lowest BCUT2D eigenvalue weighted by atomic mass is 10.2. The van der Waals surface area contributed by atoms with Crippen molar-refractivity contribution in [3.8, 4) is 0 Å². The standard InChI is InChI=1S/C19H26N8OS/c1-11(2)20-16-23-17(21-12(3)4)27-18(24-16)25-26-19(27)29-10-15(28)22-14-9-7-6-8-13(14)5/h6-9,11-12H,10H2,1-5H3,(H,22,28)(H2,20,21,23,24,25). The molecule has 3 rings (SSSR count). The number of aromatic nitrogens is 5. The maximum atomic E-state index is 12.4. The fraction of sp³-hybridized carbons (Fsp3) is 0.421. The van der Waals surface area contributed by atoms with Crippen LogP contribution in [0.5, 0.6) is 0 Å². The Morgan fingerprint density at radius 2 is 1.79 bits per heavy atom. The molecule has 3 N–H and O–H groups in total. The minimum absolute atomic E-state index is 0.113. The number of amides is 1. The molecule has 0 unspecified atom stereocenters. The van der Waals surface area contributed by atoms with Crippen LogP contribution in [0.2, 0.25) is 0 Å². The summed E-state index contributed by atoms with van der Waals surface area (Å²) >= 11 is 1.29. The summed E-state index contributed by atoms with van der Waals surface area (Å²) in [5.74, 6) is 1.57. The van der Waals surface area contributed by atoms with Crippen LogP contribution in [-0.4, -0.2) is 48.3 Å². The number of fused-ring (bicyclic) bond motifs is 1. The van der Waals surface area contributed by atoms with E-state index >= 15 is 0 Å². The zero-order valence-corrected chi connectivity index (χ0v) is 18.0. The number of nitrogens with zero attached hydrogens (tertiary/aromatic N) is 5. The first-order chi connectivity index (χ1) is 13.8. The van der Waals surface area contributed by atoms with Gasteiger partial charge in [0.1, 0.15) is 0 Å². The average molecular weight is 415 g/mol. The van der Waals surface area contributed by atoms with E-state index in [9.17, 15) is 4.79 Å². The Bertz CT molecular complexity index is 1000. The number of thioether (sulfide) groups is 1. The molecule has 0 bridgehead atoms. The number of para-hydroxylation sites is 1. The van der Waals surface area contributed by atoms with Crippen molar-refractivity contribution in [2.75, 3.05) is 21.7 Å². The van der Waals surface area contributed by atoms with Gasteiger partial charge in [-0.3, -0.25) is 4.79 Å². The zero-order chi connectivity index (χ0) is 21.0. The Morgan fingerprint density at radius 1 is 1.07 bits per heavy atom. The van der Waals surface area contributed by atoms with Crippen molar-refractivity contribution in [2.24, 2.45) is 0 Å². The molecule has 9 nitrogen and oxygen atoms in total. The Hall–Kier alpha value is -2.88. The number of nitrogens with one attached hydrogen (secondary N) is 3. The largest absolute Gasteiger partial charge is 0.353 e. The molecule has 0 radical (unpaired) electrons. The van der Waals surface area contributed by atoms with Crippen LogP contribution >= 0.6 is 11.8 Å². The molecular formula is C19H26N8OS. The minimum atomic E-state index is -0.113. The second-order valence-corrected chi connectivity index (χ2v) is 8.18. The summed E-state index contributed by atoms with van der Waals surface area (Å²) in [6.45, 7) is 10.0. The lowest BCUT2D eigenvalue weighted by molar-refractivity contribution is -0.113. The third-order valence-corrected chi connectivity index (χ3v) is 4.76. The van der Waals surface area contributed by atoms with E-state index in [-0.39, 0.29) is 23.7 Å². The van der Waals surface area contributed by atoms with Crippen molar-refractivity contribution >= 4 is 41.0 Å². The Balaban J connectivity index is 1.80. The van der Waals surface area contributed by atoms with Gasteiger partial charge in [-0.05, 0) is 46.2 Å². The molecule has 2 aromatic heterocycles. The molecule has 154 valence electrons. The molecule has 0 spiro atoms. The third-order valence-electron chi connectivity index (χ3n) is 3.83. The van der Waals surface area contributed by atoms with E-state index in [1.54, 1.807) is 4.40 Å². The normalized spacial score (nSPS) is 11.3. The quantitative estimate of drug-likeness (QED) is 0.482. The molecule has 1 amide bonds. The Kier molecular flexibility index (Phi) is 6.53. The number of hydrogen-bond acceptors (Lipinski definition) is 8. The van der Waals surface area contributed by atoms with Gasteiger partial charge in [-0.2, -0.15) is 9.97 Å². The lowest BCUT2D eigenvalue weighted by Crippen LogP contribution is -2.19. The monoisotopic (exact) mass is 414 g/mol. The number of benzene rings is 1. The highest BCUT2D eigenvalue weighted by Gasteiger charge is 2.17. The van der Waals surface area contributed by atoms with Crippen molar-refractivity contribution in [2.45, 2.75) is 51.9 Å². The first kappa shape index (κ1) is 20.8. The van der Waals surface area contributed by atoms with Crippen LogP contribution in [0.15, 0.2) is 29.4 Å². The number of rotatable bonds is 8. The van der Waals surface area contributed by atoms with Crippen molar-refractivity contribution in [1.82, 2.24) is 24.6 Å². The van der Waals surface area contributed by atoms with Gasteiger partial charge in [0.15, 0.2) is 5.16 Å². The van der Waals surface area contributed by atoms with Crippen LogP contribution in [0, 0.1) is 6.92 Å². The van der Waals surface area contributed by atoms with Crippen molar-refractivity contribution < 1.29 is 4.79 Å². The van der Waals surface area contributed by atoms with Crippen molar-refractivity contribution in [3.63, 3.8) is 0 Å². The van der Waals surface area contributed by atoms with Gasteiger partial charge in [-0.15, -0.1) is 10.2 Å². The van der Waals surface area contributed by atoms with Gasteiger partial charge < -0.3 is 16.0 Å². The van der Waals surface area contributed by atoms with Gasteiger partial charge in [0.05, 0.1) is 5.75 Å². The fourth-order valence-electron chi connectivity index (χ4n) is 2.59. The number of carbonyl (C=O) groups is 1. The highest BCUT2D eigenvalue weighted by Crippen LogP contribution is 2.22. The van der Waals surface area contributed by atoms with Crippen molar-refractivity contribution in [1.29, 1.82) is 0 Å². The average Bonchev–Trinajstić information content (AvgIpc) is 3.04. The Labute approximate surface area is 174 Å². The Morgan fingerprint density at radius 3 is 2.48 bits per heavy atom. The summed E-state index contributed by atoms with van der Waals surface area (Å²) in [7, 11) is 0. The van der Waals surface area contributed by atoms with Gasteiger partial charge in [0, 0.05) is 17.8 Å².